The largest absolute Gasteiger partial charge is 0.411 e. The first-order chi connectivity index (χ1) is 13.2. The Bertz CT molecular complexity index is 1060. The molecule has 0 spiro atoms. The van der Waals surface area contributed by atoms with Gasteiger partial charge in [-0.1, -0.05) is 0 Å². The molecule has 0 radical (unpaired) electrons. The van der Waals surface area contributed by atoms with Gasteiger partial charge in [0.25, 0.3) is 0 Å². The molecular weight excluding hydrogens is 422 g/mol. The van der Waals surface area contributed by atoms with Gasteiger partial charge in [0.15, 0.2) is 0 Å². The Labute approximate surface area is 166 Å². The minimum absolute atomic E-state index is 0.0208. The third-order valence-corrected chi connectivity index (χ3v) is 4.25. The van der Waals surface area contributed by atoms with Crippen LogP contribution in [0, 0.1) is 0 Å². The van der Waals surface area contributed by atoms with E-state index in [1.54, 1.807) is 19.3 Å². The highest BCUT2D eigenvalue weighted by atomic mass is 35.5. The van der Waals surface area contributed by atoms with E-state index < -0.39 is 12.8 Å². The van der Waals surface area contributed by atoms with E-state index in [0.29, 0.717) is 28.0 Å². The maximum Gasteiger partial charge on any atom is 0.411 e. The summed E-state index contributed by atoms with van der Waals surface area (Å²) in [7, 11) is 1.58. The number of alkyl halides is 4. The van der Waals surface area contributed by atoms with Crippen LogP contribution < -0.4 is 5.56 Å². The van der Waals surface area contributed by atoms with Gasteiger partial charge in [0, 0.05) is 24.9 Å². The molecule has 0 aliphatic rings. The minimum atomic E-state index is -4.41. The van der Waals surface area contributed by atoms with E-state index in [1.807, 2.05) is 0 Å². The molecule has 0 fully saturated rings. The predicted octanol–water partition coefficient (Wildman–Crippen LogP) is 3.16. The van der Waals surface area contributed by atoms with Gasteiger partial charge < -0.3 is 9.30 Å². The second kappa shape index (κ2) is 8.06. The summed E-state index contributed by atoms with van der Waals surface area (Å²) in [6.45, 7) is -1.56. The Morgan fingerprint density at radius 2 is 2.00 bits per heavy atom. The monoisotopic (exact) mass is 435 g/mol. The summed E-state index contributed by atoms with van der Waals surface area (Å²) in [6.07, 6.45) is -2.84. The van der Waals surface area contributed by atoms with Crippen molar-refractivity contribution in [3.8, 4) is 11.3 Å². The summed E-state index contributed by atoms with van der Waals surface area (Å²) < 4.78 is 44.3. The zero-order valence-corrected chi connectivity index (χ0v) is 16.0. The van der Waals surface area contributed by atoms with Crippen molar-refractivity contribution in [2.45, 2.75) is 18.6 Å². The lowest BCUT2D eigenvalue weighted by molar-refractivity contribution is -0.174. The van der Waals surface area contributed by atoms with Crippen molar-refractivity contribution in [3.63, 3.8) is 0 Å². The van der Waals surface area contributed by atoms with Crippen LogP contribution in [0.25, 0.3) is 22.3 Å². The third-order valence-electron chi connectivity index (χ3n) is 3.83. The quantitative estimate of drug-likeness (QED) is 0.337. The molecule has 0 unspecified atom stereocenters. The number of rotatable bonds is 6. The zero-order chi connectivity index (χ0) is 20.5. The molecule has 0 amide bonds. The molecule has 28 heavy (non-hydrogen) atoms. The van der Waals surface area contributed by atoms with Crippen molar-refractivity contribution in [2.24, 2.45) is 7.05 Å². The number of nitrogens with zero attached hydrogens (tertiary/aromatic N) is 5. The Morgan fingerprint density at radius 1 is 1.25 bits per heavy atom. The Kier molecular flexibility index (Phi) is 5.92. The number of hydrogen-bond donors (Lipinski definition) is 0. The molecule has 7 nitrogen and oxygen atoms in total. The molecule has 0 aliphatic heterocycles. The Balaban J connectivity index is 2.06. The molecule has 3 rings (SSSR count). The Hall–Kier alpha value is -2.17. The first-order valence-electron chi connectivity index (χ1n) is 8.00. The molecule has 0 bridgehead atoms. The second-order valence-corrected chi connectivity index (χ2v) is 6.48. The van der Waals surface area contributed by atoms with Crippen LogP contribution >= 0.6 is 23.2 Å². The fraction of sp³-hybridized carbons (Fsp3) is 0.375. The molecule has 3 heterocycles. The highest BCUT2D eigenvalue weighted by molar-refractivity contribution is 6.29. The lowest BCUT2D eigenvalue weighted by Gasteiger charge is -2.10. The maximum atomic E-state index is 12.3. The molecule has 3 aromatic rings. The zero-order valence-electron chi connectivity index (χ0n) is 14.5. The number of ether oxygens (including phenoxy) is 1. The minimum Gasteiger partial charge on any atom is -0.370 e. The number of aromatic nitrogens is 5. The predicted molar refractivity (Wildman–Crippen MR) is 97.4 cm³/mol. The van der Waals surface area contributed by atoms with Crippen LogP contribution in [0.4, 0.5) is 13.2 Å². The summed E-state index contributed by atoms with van der Waals surface area (Å²) in [6, 6.07) is 2.94. The van der Waals surface area contributed by atoms with Gasteiger partial charge >= 0.3 is 6.18 Å². The standard InChI is InChI=1S/C16H14Cl2F3N5O2/c1-25-7-9(2-3-11(25)27)12-14-13(23-15(18)22-12)10(6-17)24-26(14)4-5-28-8-16(19,20)21/h2-3,7H,4-6,8H2,1H3. The second-order valence-electron chi connectivity index (χ2n) is 5.88. The van der Waals surface area contributed by atoms with Gasteiger partial charge in [0.1, 0.15) is 29.0 Å². The fourth-order valence-electron chi connectivity index (χ4n) is 2.64. The van der Waals surface area contributed by atoms with Gasteiger partial charge in [-0.2, -0.15) is 18.3 Å². The summed E-state index contributed by atoms with van der Waals surface area (Å²) in [5.41, 5.74) is 1.96. The molecule has 12 heteroatoms. The summed E-state index contributed by atoms with van der Waals surface area (Å²) in [5, 5.41) is 4.26. The van der Waals surface area contributed by atoms with E-state index in [-0.39, 0.29) is 29.9 Å². The van der Waals surface area contributed by atoms with Crippen LogP contribution in [0.15, 0.2) is 23.1 Å². The maximum absolute atomic E-state index is 12.3. The van der Waals surface area contributed by atoms with E-state index >= 15 is 0 Å². The lowest BCUT2D eigenvalue weighted by Crippen LogP contribution is -2.19. The van der Waals surface area contributed by atoms with Gasteiger partial charge in [0.05, 0.1) is 19.0 Å². The number of pyridine rings is 1. The first-order valence-corrected chi connectivity index (χ1v) is 8.91. The van der Waals surface area contributed by atoms with Crippen LogP contribution in [-0.2, 0) is 24.2 Å². The van der Waals surface area contributed by atoms with Crippen molar-refractivity contribution in [3.05, 3.63) is 39.7 Å². The van der Waals surface area contributed by atoms with Crippen molar-refractivity contribution >= 4 is 34.2 Å². The summed E-state index contributed by atoms with van der Waals surface area (Å²) in [5.74, 6) is 0.0208. The molecule has 3 aromatic heterocycles. The van der Waals surface area contributed by atoms with E-state index in [4.69, 9.17) is 23.2 Å². The van der Waals surface area contributed by atoms with Crippen LogP contribution in [0.5, 0.6) is 0 Å². The van der Waals surface area contributed by atoms with Crippen LogP contribution in [0.1, 0.15) is 5.69 Å². The van der Waals surface area contributed by atoms with E-state index in [2.05, 4.69) is 19.8 Å². The topological polar surface area (TPSA) is 74.8 Å². The SMILES string of the molecule is Cn1cc(-c2nc(Cl)nc3c(CCl)nn(CCOCC(F)(F)F)c23)ccc1=O. The highest BCUT2D eigenvalue weighted by Crippen LogP contribution is 2.29. The molecule has 150 valence electrons. The van der Waals surface area contributed by atoms with Crippen molar-refractivity contribution in [2.75, 3.05) is 13.2 Å². The molecule has 0 saturated heterocycles. The van der Waals surface area contributed by atoms with Gasteiger partial charge in [0.2, 0.25) is 10.8 Å². The molecule has 0 atom stereocenters. The summed E-state index contributed by atoms with van der Waals surface area (Å²) >= 11 is 12.0. The third kappa shape index (κ3) is 4.45. The molecule has 0 N–H and O–H groups in total. The van der Waals surface area contributed by atoms with Gasteiger partial charge in [-0.15, -0.1) is 11.6 Å². The number of halogens is 5. The van der Waals surface area contributed by atoms with Crippen LogP contribution in [0.3, 0.4) is 0 Å². The Morgan fingerprint density at radius 3 is 2.64 bits per heavy atom. The lowest BCUT2D eigenvalue weighted by atomic mass is 10.1. The van der Waals surface area contributed by atoms with Crippen molar-refractivity contribution in [1.29, 1.82) is 0 Å². The van der Waals surface area contributed by atoms with Crippen molar-refractivity contribution < 1.29 is 17.9 Å². The number of aryl methyl sites for hydroxylation is 1. The molecule has 0 aromatic carbocycles. The average Bonchev–Trinajstić information content (AvgIpc) is 2.97. The molecular formula is C16H14Cl2F3N5O2. The molecule has 0 saturated carbocycles. The van der Waals surface area contributed by atoms with Crippen LogP contribution in [0.2, 0.25) is 5.28 Å². The van der Waals surface area contributed by atoms with Crippen molar-refractivity contribution in [1.82, 2.24) is 24.3 Å². The number of hydrogen-bond acceptors (Lipinski definition) is 5. The smallest absolute Gasteiger partial charge is 0.370 e. The fourth-order valence-corrected chi connectivity index (χ4v) is 2.99. The van der Waals surface area contributed by atoms with Gasteiger partial charge in [-0.25, -0.2) is 9.97 Å². The van der Waals surface area contributed by atoms with Crippen LogP contribution in [-0.4, -0.2) is 43.7 Å². The first kappa shape index (κ1) is 20.6. The van der Waals surface area contributed by atoms with E-state index in [0.717, 1.165) is 0 Å². The number of fused-ring (bicyclic) bond motifs is 1. The van der Waals surface area contributed by atoms with Gasteiger partial charge in [-0.3, -0.25) is 9.48 Å². The highest BCUT2D eigenvalue weighted by Gasteiger charge is 2.27. The van der Waals surface area contributed by atoms with E-state index in [9.17, 15) is 18.0 Å². The van der Waals surface area contributed by atoms with Gasteiger partial charge in [-0.05, 0) is 17.7 Å². The summed E-state index contributed by atoms with van der Waals surface area (Å²) in [4.78, 5) is 20.1. The normalized spacial score (nSPS) is 12.1. The molecule has 0 aliphatic carbocycles. The van der Waals surface area contributed by atoms with E-state index in [1.165, 1.54) is 15.3 Å². The average molecular weight is 436 g/mol.